The van der Waals surface area contributed by atoms with Crippen molar-refractivity contribution in [1.29, 1.82) is 0 Å². The summed E-state index contributed by atoms with van der Waals surface area (Å²) < 4.78 is 20.9. The Labute approximate surface area is 317 Å². The van der Waals surface area contributed by atoms with E-state index in [9.17, 15) is 19.8 Å². The van der Waals surface area contributed by atoms with Crippen LogP contribution in [0.15, 0.2) is 24.3 Å². The van der Waals surface area contributed by atoms with E-state index < -0.39 is 8.80 Å². The first-order chi connectivity index (χ1) is 23.3. The van der Waals surface area contributed by atoms with Crippen LogP contribution in [0.25, 0.3) is 0 Å². The van der Waals surface area contributed by atoms with Crippen LogP contribution >= 0.6 is 0 Å². The highest BCUT2D eigenvalue weighted by molar-refractivity contribution is 6.60. The molecule has 2 aromatic carbocycles. The van der Waals surface area contributed by atoms with Gasteiger partial charge in [0.2, 0.25) is 5.91 Å². The molecular formula is C42H73NO8Si. The molecule has 298 valence electrons. The van der Waals surface area contributed by atoms with Gasteiger partial charge in [0.05, 0.1) is 7.11 Å². The van der Waals surface area contributed by atoms with Gasteiger partial charge < -0.3 is 33.5 Å². The Hall–Kier alpha value is -2.92. The number of rotatable bonds is 13. The number of ether oxygens (including phenoxy) is 1. The number of methoxy groups -OCH3 is 1. The number of aromatic hydroxyl groups is 2. The van der Waals surface area contributed by atoms with Crippen molar-refractivity contribution in [3.8, 4) is 11.5 Å². The Balaban J connectivity index is 0.00000104. The molecule has 0 aliphatic carbocycles. The summed E-state index contributed by atoms with van der Waals surface area (Å²) in [5.41, 5.74) is 5.18. The van der Waals surface area contributed by atoms with Gasteiger partial charge >= 0.3 is 14.8 Å². The summed E-state index contributed by atoms with van der Waals surface area (Å²) in [4.78, 5) is 23.7. The van der Waals surface area contributed by atoms with Crippen molar-refractivity contribution in [2.45, 2.75) is 150 Å². The number of carbonyl (C=O) groups excluding carboxylic acids is 2. The van der Waals surface area contributed by atoms with E-state index in [1.165, 1.54) is 7.11 Å². The van der Waals surface area contributed by atoms with Crippen LogP contribution in [-0.4, -0.2) is 65.9 Å². The molecule has 52 heavy (non-hydrogen) atoms. The first-order valence-electron chi connectivity index (χ1n) is 18.0. The minimum absolute atomic E-state index is 0. The highest BCUT2D eigenvalue weighted by Gasteiger charge is 2.37. The van der Waals surface area contributed by atoms with Gasteiger partial charge in [0.1, 0.15) is 11.5 Å². The maximum atomic E-state index is 12.3. The van der Waals surface area contributed by atoms with Crippen LogP contribution in [0, 0.1) is 0 Å². The lowest BCUT2D eigenvalue weighted by molar-refractivity contribution is -0.140. The highest BCUT2D eigenvalue weighted by Crippen LogP contribution is 2.41. The van der Waals surface area contributed by atoms with Crippen LogP contribution in [0.4, 0.5) is 0 Å². The third kappa shape index (κ3) is 14.8. The molecule has 2 aromatic rings. The number of hydrogen-bond acceptors (Lipinski definition) is 8. The van der Waals surface area contributed by atoms with Crippen LogP contribution in [0.2, 0.25) is 6.04 Å². The van der Waals surface area contributed by atoms with Crippen molar-refractivity contribution in [3.63, 3.8) is 0 Å². The molecule has 0 atom stereocenters. The van der Waals surface area contributed by atoms with Gasteiger partial charge in [0, 0.05) is 46.8 Å². The van der Waals surface area contributed by atoms with Gasteiger partial charge in [-0.25, -0.2) is 0 Å². The summed E-state index contributed by atoms with van der Waals surface area (Å²) in [6.45, 7) is 25.6. The van der Waals surface area contributed by atoms with E-state index in [1.807, 2.05) is 24.3 Å². The molecule has 0 saturated carbocycles. The van der Waals surface area contributed by atoms with E-state index in [0.29, 0.717) is 49.8 Å². The van der Waals surface area contributed by atoms with Crippen molar-refractivity contribution >= 4 is 20.7 Å². The van der Waals surface area contributed by atoms with Gasteiger partial charge in [0.15, 0.2) is 0 Å². The molecular weight excluding hydrogens is 675 g/mol. The van der Waals surface area contributed by atoms with Gasteiger partial charge in [-0.1, -0.05) is 115 Å². The van der Waals surface area contributed by atoms with Crippen molar-refractivity contribution in [2.24, 2.45) is 0 Å². The Morgan fingerprint density at radius 1 is 0.615 bits per heavy atom. The highest BCUT2D eigenvalue weighted by atomic mass is 28.4. The second-order valence-corrected chi connectivity index (χ2v) is 20.5. The molecule has 0 saturated heterocycles. The van der Waals surface area contributed by atoms with Gasteiger partial charge in [-0.2, -0.15) is 0 Å². The van der Waals surface area contributed by atoms with Crippen LogP contribution < -0.4 is 5.32 Å². The normalized spacial score (nSPS) is 12.4. The maximum absolute atomic E-state index is 12.3. The zero-order valence-electron chi connectivity index (χ0n) is 34.6. The van der Waals surface area contributed by atoms with Gasteiger partial charge in [-0.15, -0.1) is 0 Å². The van der Waals surface area contributed by atoms with Crippen LogP contribution in [0.5, 0.6) is 11.5 Å². The molecule has 0 fully saturated rings. The number of hydrogen-bond donors (Lipinski definition) is 3. The fourth-order valence-corrected chi connectivity index (χ4v) is 7.47. The Bertz CT molecular complexity index is 1360. The number of carbonyl (C=O) groups is 2. The number of aryl methyl sites for hydroxylation is 2. The molecule has 0 unspecified atom stereocenters. The van der Waals surface area contributed by atoms with Gasteiger partial charge in [-0.3, -0.25) is 9.59 Å². The van der Waals surface area contributed by atoms with Crippen molar-refractivity contribution < 1.29 is 37.8 Å². The molecule has 0 aromatic heterocycles. The van der Waals surface area contributed by atoms with E-state index in [1.54, 1.807) is 21.3 Å². The third-order valence-electron chi connectivity index (χ3n) is 8.97. The molecule has 0 aliphatic heterocycles. The maximum Gasteiger partial charge on any atom is 0.500 e. The molecule has 9 nitrogen and oxygen atoms in total. The van der Waals surface area contributed by atoms with Gasteiger partial charge in [0.25, 0.3) is 0 Å². The van der Waals surface area contributed by atoms with E-state index in [-0.39, 0.29) is 41.0 Å². The number of benzene rings is 2. The topological polar surface area (TPSA) is 124 Å². The van der Waals surface area contributed by atoms with E-state index in [0.717, 1.165) is 39.8 Å². The summed E-state index contributed by atoms with van der Waals surface area (Å²) in [6.07, 6.45) is 2.74. The largest absolute Gasteiger partial charge is 0.507 e. The molecule has 1 amide bonds. The molecule has 10 heteroatoms. The quantitative estimate of drug-likeness (QED) is 0.105. The number of phenolic OH excluding ortho intramolecular Hbond substituents is 2. The lowest BCUT2D eigenvalue weighted by Crippen LogP contribution is -2.43. The first kappa shape index (κ1) is 49.1. The molecule has 2 rings (SSSR count). The lowest BCUT2D eigenvalue weighted by atomic mass is 9.78. The fourth-order valence-electron chi connectivity index (χ4n) is 5.75. The van der Waals surface area contributed by atoms with E-state index in [4.69, 9.17) is 18.0 Å². The number of nitrogens with one attached hydrogen (secondary N) is 1. The number of esters is 1. The van der Waals surface area contributed by atoms with Crippen LogP contribution in [0.3, 0.4) is 0 Å². The molecule has 3 N–H and O–H groups in total. The average Bonchev–Trinajstić information content (AvgIpc) is 3.02. The minimum atomic E-state index is -2.59. The summed E-state index contributed by atoms with van der Waals surface area (Å²) in [7, 11) is 3.58. The average molecular weight is 748 g/mol. The molecule has 0 radical (unpaired) electrons. The van der Waals surface area contributed by atoms with Gasteiger partial charge in [-0.05, 0) is 74.3 Å². The zero-order chi connectivity index (χ0) is 39.6. The summed E-state index contributed by atoms with van der Waals surface area (Å²) in [5.74, 6) is 0.539. The molecule has 0 aliphatic rings. The first-order valence-corrected chi connectivity index (χ1v) is 19.9. The molecule has 0 spiro atoms. The summed E-state index contributed by atoms with van der Waals surface area (Å²) in [5, 5.41) is 24.4. The zero-order valence-corrected chi connectivity index (χ0v) is 35.6. The molecule has 0 heterocycles. The summed E-state index contributed by atoms with van der Waals surface area (Å²) >= 11 is 0. The third-order valence-corrected chi connectivity index (χ3v) is 11.8. The Kier molecular flexibility index (Phi) is 18.8. The molecule has 0 bridgehead atoms. The fraction of sp³-hybridized carbons (Fsp3) is 0.667. The monoisotopic (exact) mass is 748 g/mol. The standard InChI is InChI=1S/C23H41NO5Si.C18H28O3.CH4/c1-22(2,3)18-15-17(16-19(21(18)26)23(4,5)6)11-12-20(25)24-13-10-14-30(27-7,28-8)29-9;1-17(2,3)13-10-12(8-9-15(19)21-7)11-14(16(13)20)18(4,5)6;/h15-16,26H,10-14H2,1-9H3,(H,24,25);10-11,20H,8-9H2,1-7H3;1H4. The lowest BCUT2D eigenvalue weighted by Gasteiger charge is -2.28. The predicted molar refractivity (Wildman–Crippen MR) is 216 cm³/mol. The van der Waals surface area contributed by atoms with Crippen LogP contribution in [-0.2, 0) is 62.1 Å². The van der Waals surface area contributed by atoms with Crippen molar-refractivity contribution in [1.82, 2.24) is 5.32 Å². The Morgan fingerprint density at radius 2 is 0.942 bits per heavy atom. The number of amides is 1. The van der Waals surface area contributed by atoms with Crippen molar-refractivity contribution in [3.05, 3.63) is 57.6 Å². The van der Waals surface area contributed by atoms with E-state index in [2.05, 4.69) is 88.4 Å². The minimum Gasteiger partial charge on any atom is -0.507 e. The predicted octanol–water partition coefficient (Wildman–Crippen LogP) is 9.03. The van der Waals surface area contributed by atoms with Crippen LogP contribution in [0.1, 0.15) is 143 Å². The summed E-state index contributed by atoms with van der Waals surface area (Å²) in [6, 6.07) is 8.74. The Morgan fingerprint density at radius 3 is 1.23 bits per heavy atom. The van der Waals surface area contributed by atoms with Crippen molar-refractivity contribution in [2.75, 3.05) is 35.0 Å². The van der Waals surface area contributed by atoms with E-state index >= 15 is 0 Å². The smallest absolute Gasteiger partial charge is 0.500 e. The second kappa shape index (κ2) is 20.0. The second-order valence-electron chi connectivity index (χ2n) is 17.4. The SMILES string of the molecule is C.COC(=O)CCc1cc(C(C)(C)C)c(O)c(C(C)(C)C)c1.CO[Si](CCCNC(=O)CCc1cc(C(C)(C)C)c(O)c(C(C)(C)C)c1)(OC)OC. The number of phenols is 2.